The standard InChI is InChI=1S/C19H22N2O3/c1-4-24-19(23)16-7-5-6-8-17(16)21-18(22)12-20-15-10-13(2)9-14(3)11-15/h5-11,20H,4,12H2,1-3H3,(H,21,22). The Kier molecular flexibility index (Phi) is 5.95. The van der Waals surface area contributed by atoms with Crippen molar-refractivity contribution in [2.75, 3.05) is 23.8 Å². The molecule has 2 aromatic rings. The molecule has 0 aromatic heterocycles. The van der Waals surface area contributed by atoms with Crippen LogP contribution in [-0.2, 0) is 9.53 Å². The van der Waals surface area contributed by atoms with Gasteiger partial charge < -0.3 is 15.4 Å². The summed E-state index contributed by atoms with van der Waals surface area (Å²) in [7, 11) is 0. The Labute approximate surface area is 142 Å². The molecule has 2 rings (SSSR count). The number of anilines is 2. The lowest BCUT2D eigenvalue weighted by molar-refractivity contribution is -0.114. The van der Waals surface area contributed by atoms with Gasteiger partial charge in [0.05, 0.1) is 24.4 Å². The Morgan fingerprint density at radius 1 is 1.04 bits per heavy atom. The summed E-state index contributed by atoms with van der Waals surface area (Å²) in [6.07, 6.45) is 0. The van der Waals surface area contributed by atoms with Crippen molar-refractivity contribution < 1.29 is 14.3 Å². The van der Waals surface area contributed by atoms with E-state index in [0.717, 1.165) is 16.8 Å². The van der Waals surface area contributed by atoms with Crippen LogP contribution < -0.4 is 10.6 Å². The molecule has 0 radical (unpaired) electrons. The first-order valence-electron chi connectivity index (χ1n) is 7.87. The topological polar surface area (TPSA) is 67.4 Å². The summed E-state index contributed by atoms with van der Waals surface area (Å²) in [4.78, 5) is 24.1. The number of aryl methyl sites for hydroxylation is 2. The molecule has 126 valence electrons. The van der Waals surface area contributed by atoms with Gasteiger partial charge >= 0.3 is 5.97 Å². The SMILES string of the molecule is CCOC(=O)c1ccccc1NC(=O)CNc1cc(C)cc(C)c1. The number of carbonyl (C=O) groups excluding carboxylic acids is 2. The van der Waals surface area contributed by atoms with Crippen LogP contribution in [0.25, 0.3) is 0 Å². The molecule has 0 saturated carbocycles. The van der Waals surface area contributed by atoms with Crippen molar-refractivity contribution in [3.05, 3.63) is 59.2 Å². The largest absolute Gasteiger partial charge is 0.462 e. The van der Waals surface area contributed by atoms with Gasteiger partial charge in [0, 0.05) is 5.69 Å². The lowest BCUT2D eigenvalue weighted by atomic mass is 10.1. The number of hydrogen-bond donors (Lipinski definition) is 2. The molecule has 0 aliphatic rings. The van der Waals surface area contributed by atoms with Crippen LogP contribution in [-0.4, -0.2) is 25.0 Å². The van der Waals surface area contributed by atoms with E-state index in [-0.39, 0.29) is 19.1 Å². The van der Waals surface area contributed by atoms with Crippen molar-refractivity contribution in [2.24, 2.45) is 0 Å². The molecule has 0 bridgehead atoms. The Hall–Kier alpha value is -2.82. The summed E-state index contributed by atoms with van der Waals surface area (Å²) >= 11 is 0. The molecule has 5 heteroatoms. The Bertz CT molecular complexity index is 721. The highest BCUT2D eigenvalue weighted by Crippen LogP contribution is 2.17. The maximum absolute atomic E-state index is 12.2. The van der Waals surface area contributed by atoms with E-state index in [1.807, 2.05) is 26.0 Å². The van der Waals surface area contributed by atoms with Crippen molar-refractivity contribution >= 4 is 23.3 Å². The summed E-state index contributed by atoms with van der Waals surface area (Å²) in [5, 5.41) is 5.84. The van der Waals surface area contributed by atoms with E-state index in [2.05, 4.69) is 16.7 Å². The molecule has 0 saturated heterocycles. The van der Waals surface area contributed by atoms with Crippen LogP contribution in [0.4, 0.5) is 11.4 Å². The van der Waals surface area contributed by atoms with E-state index in [1.54, 1.807) is 31.2 Å². The summed E-state index contributed by atoms with van der Waals surface area (Å²) in [6, 6.07) is 12.8. The summed E-state index contributed by atoms with van der Waals surface area (Å²) in [5.41, 5.74) is 3.94. The minimum atomic E-state index is -0.448. The van der Waals surface area contributed by atoms with Crippen LogP contribution >= 0.6 is 0 Å². The molecule has 0 heterocycles. The minimum absolute atomic E-state index is 0.111. The molecule has 0 fully saturated rings. The fraction of sp³-hybridized carbons (Fsp3) is 0.263. The molecule has 0 spiro atoms. The van der Waals surface area contributed by atoms with Gasteiger partial charge in [0.1, 0.15) is 0 Å². The molecule has 2 N–H and O–H groups in total. The average molecular weight is 326 g/mol. The average Bonchev–Trinajstić information content (AvgIpc) is 2.53. The predicted molar refractivity (Wildman–Crippen MR) is 95.4 cm³/mol. The van der Waals surface area contributed by atoms with Gasteiger partial charge in [-0.3, -0.25) is 4.79 Å². The third kappa shape index (κ3) is 4.84. The number of amides is 1. The van der Waals surface area contributed by atoms with E-state index in [4.69, 9.17) is 4.74 Å². The second kappa shape index (κ2) is 8.15. The number of hydrogen-bond acceptors (Lipinski definition) is 4. The van der Waals surface area contributed by atoms with Crippen LogP contribution in [0.5, 0.6) is 0 Å². The van der Waals surface area contributed by atoms with Crippen LogP contribution in [0.1, 0.15) is 28.4 Å². The fourth-order valence-corrected chi connectivity index (χ4v) is 2.43. The Morgan fingerprint density at radius 2 is 1.71 bits per heavy atom. The van der Waals surface area contributed by atoms with E-state index >= 15 is 0 Å². The molecular weight excluding hydrogens is 304 g/mol. The second-order valence-corrected chi connectivity index (χ2v) is 5.54. The first-order valence-corrected chi connectivity index (χ1v) is 7.87. The van der Waals surface area contributed by atoms with Gasteiger partial charge in [-0.2, -0.15) is 0 Å². The zero-order valence-electron chi connectivity index (χ0n) is 14.2. The smallest absolute Gasteiger partial charge is 0.340 e. The van der Waals surface area contributed by atoms with Gasteiger partial charge in [0.25, 0.3) is 0 Å². The zero-order valence-corrected chi connectivity index (χ0v) is 14.2. The molecule has 24 heavy (non-hydrogen) atoms. The monoisotopic (exact) mass is 326 g/mol. The number of ether oxygens (including phenoxy) is 1. The van der Waals surface area contributed by atoms with Crippen molar-refractivity contribution in [3.63, 3.8) is 0 Å². The van der Waals surface area contributed by atoms with Gasteiger partial charge in [0.2, 0.25) is 5.91 Å². The minimum Gasteiger partial charge on any atom is -0.462 e. The maximum Gasteiger partial charge on any atom is 0.340 e. The first-order chi connectivity index (χ1) is 11.5. The van der Waals surface area contributed by atoms with Crippen LogP contribution in [0, 0.1) is 13.8 Å². The number of benzene rings is 2. The van der Waals surface area contributed by atoms with Crippen molar-refractivity contribution in [1.82, 2.24) is 0 Å². The van der Waals surface area contributed by atoms with E-state index in [9.17, 15) is 9.59 Å². The lowest BCUT2D eigenvalue weighted by Gasteiger charge is -2.12. The molecule has 0 aliphatic carbocycles. The number of carbonyl (C=O) groups is 2. The van der Waals surface area contributed by atoms with E-state index < -0.39 is 5.97 Å². The quantitative estimate of drug-likeness (QED) is 0.797. The number of rotatable bonds is 6. The fourth-order valence-electron chi connectivity index (χ4n) is 2.43. The lowest BCUT2D eigenvalue weighted by Crippen LogP contribution is -2.23. The van der Waals surface area contributed by atoms with Gasteiger partial charge in [-0.25, -0.2) is 4.79 Å². The highest BCUT2D eigenvalue weighted by molar-refractivity contribution is 6.02. The van der Waals surface area contributed by atoms with E-state index in [1.165, 1.54) is 0 Å². The summed E-state index contributed by atoms with van der Waals surface area (Å²) < 4.78 is 5.00. The number of para-hydroxylation sites is 1. The maximum atomic E-state index is 12.2. The predicted octanol–water partition coefficient (Wildman–Crippen LogP) is 3.53. The normalized spacial score (nSPS) is 10.1. The molecule has 0 atom stereocenters. The number of nitrogens with one attached hydrogen (secondary N) is 2. The molecular formula is C19H22N2O3. The van der Waals surface area contributed by atoms with Gasteiger partial charge in [-0.15, -0.1) is 0 Å². The zero-order chi connectivity index (χ0) is 17.5. The molecule has 0 aliphatic heterocycles. The molecule has 2 aromatic carbocycles. The summed E-state index contributed by atoms with van der Waals surface area (Å²) in [5.74, 6) is -0.679. The third-order valence-corrected chi connectivity index (χ3v) is 3.37. The number of esters is 1. The highest BCUT2D eigenvalue weighted by Gasteiger charge is 2.13. The van der Waals surface area contributed by atoms with Crippen molar-refractivity contribution in [3.8, 4) is 0 Å². The second-order valence-electron chi connectivity index (χ2n) is 5.54. The van der Waals surface area contributed by atoms with Gasteiger partial charge in [-0.1, -0.05) is 18.2 Å². The highest BCUT2D eigenvalue weighted by atomic mass is 16.5. The van der Waals surface area contributed by atoms with Crippen molar-refractivity contribution in [1.29, 1.82) is 0 Å². The Balaban J connectivity index is 2.01. The molecule has 0 unspecified atom stereocenters. The first kappa shape index (κ1) is 17.5. The molecule has 5 nitrogen and oxygen atoms in total. The van der Waals surface area contributed by atoms with Crippen LogP contribution in [0.15, 0.2) is 42.5 Å². The third-order valence-electron chi connectivity index (χ3n) is 3.37. The summed E-state index contributed by atoms with van der Waals surface area (Å²) in [6.45, 7) is 6.16. The van der Waals surface area contributed by atoms with Crippen molar-refractivity contribution in [2.45, 2.75) is 20.8 Å². The van der Waals surface area contributed by atoms with E-state index in [0.29, 0.717) is 11.3 Å². The van der Waals surface area contributed by atoms with Gasteiger partial charge in [-0.05, 0) is 56.2 Å². The van der Waals surface area contributed by atoms with Crippen LogP contribution in [0.2, 0.25) is 0 Å². The van der Waals surface area contributed by atoms with Crippen LogP contribution in [0.3, 0.4) is 0 Å². The van der Waals surface area contributed by atoms with Gasteiger partial charge in [0.15, 0.2) is 0 Å². The molecule has 1 amide bonds. The Morgan fingerprint density at radius 3 is 2.38 bits per heavy atom.